The van der Waals surface area contributed by atoms with Crippen molar-refractivity contribution in [2.45, 2.75) is 50.5 Å². The van der Waals surface area contributed by atoms with Crippen LogP contribution in [0.25, 0.3) is 0 Å². The molecule has 0 spiro atoms. The van der Waals surface area contributed by atoms with Gasteiger partial charge in [-0.05, 0) is 56.7 Å². The molecular formula is C24H30N2O3S. The van der Waals surface area contributed by atoms with Crippen molar-refractivity contribution in [1.82, 2.24) is 9.21 Å². The van der Waals surface area contributed by atoms with E-state index >= 15 is 0 Å². The van der Waals surface area contributed by atoms with Gasteiger partial charge in [-0.1, -0.05) is 48.0 Å². The molecule has 5 nitrogen and oxygen atoms in total. The van der Waals surface area contributed by atoms with Gasteiger partial charge in [0.25, 0.3) is 0 Å². The Morgan fingerprint density at radius 3 is 2.30 bits per heavy atom. The summed E-state index contributed by atoms with van der Waals surface area (Å²) in [7, 11) is -3.52. The van der Waals surface area contributed by atoms with Gasteiger partial charge < -0.3 is 4.90 Å². The first-order chi connectivity index (χ1) is 14.4. The molecule has 0 N–H and O–H groups in total. The molecule has 160 valence electrons. The van der Waals surface area contributed by atoms with E-state index in [1.165, 1.54) is 5.56 Å². The largest absolute Gasteiger partial charge is 0.335 e. The van der Waals surface area contributed by atoms with Gasteiger partial charge in [0.05, 0.1) is 10.9 Å². The van der Waals surface area contributed by atoms with E-state index in [1.807, 2.05) is 49.1 Å². The number of nitrogens with zero attached hydrogens (tertiary/aromatic N) is 2. The van der Waals surface area contributed by atoms with Gasteiger partial charge in [-0.3, -0.25) is 4.79 Å². The molecule has 2 saturated heterocycles. The van der Waals surface area contributed by atoms with E-state index in [1.54, 1.807) is 10.4 Å². The fourth-order valence-electron chi connectivity index (χ4n) is 4.86. The molecule has 0 aliphatic carbocycles. The van der Waals surface area contributed by atoms with Crippen molar-refractivity contribution < 1.29 is 13.2 Å². The van der Waals surface area contributed by atoms with Crippen LogP contribution < -0.4 is 0 Å². The highest BCUT2D eigenvalue weighted by atomic mass is 32.2. The first-order valence-corrected chi connectivity index (χ1v) is 12.2. The van der Waals surface area contributed by atoms with Gasteiger partial charge in [-0.2, -0.15) is 4.31 Å². The van der Waals surface area contributed by atoms with Gasteiger partial charge in [-0.25, -0.2) is 8.42 Å². The lowest BCUT2D eigenvalue weighted by atomic mass is 9.95. The second-order valence-electron chi connectivity index (χ2n) is 8.55. The third-order valence-corrected chi connectivity index (χ3v) is 8.53. The zero-order valence-corrected chi connectivity index (χ0v) is 18.6. The average Bonchev–Trinajstić information content (AvgIpc) is 3.23. The number of rotatable bonds is 4. The lowest BCUT2D eigenvalue weighted by molar-refractivity contribution is -0.137. The molecule has 0 saturated carbocycles. The lowest BCUT2D eigenvalue weighted by Crippen LogP contribution is -2.44. The first kappa shape index (κ1) is 21.1. The number of amides is 1. The molecule has 2 aromatic rings. The highest BCUT2D eigenvalue weighted by molar-refractivity contribution is 7.89. The summed E-state index contributed by atoms with van der Waals surface area (Å²) in [5.74, 6) is 0.0878. The van der Waals surface area contributed by atoms with Crippen LogP contribution in [0, 0.1) is 19.8 Å². The highest BCUT2D eigenvalue weighted by Gasteiger charge is 2.37. The van der Waals surface area contributed by atoms with E-state index in [2.05, 4.69) is 12.1 Å². The fourth-order valence-corrected chi connectivity index (χ4v) is 6.53. The summed E-state index contributed by atoms with van der Waals surface area (Å²) in [4.78, 5) is 15.7. The summed E-state index contributed by atoms with van der Waals surface area (Å²) in [5.41, 5.74) is 3.02. The molecule has 0 unspecified atom stereocenters. The molecule has 2 aliphatic rings. The topological polar surface area (TPSA) is 57.7 Å². The Bertz CT molecular complexity index is 1010. The molecule has 0 bridgehead atoms. The van der Waals surface area contributed by atoms with Crippen molar-refractivity contribution in [3.8, 4) is 0 Å². The Labute approximate surface area is 179 Å². The van der Waals surface area contributed by atoms with Gasteiger partial charge in [0.1, 0.15) is 0 Å². The minimum absolute atomic E-state index is 0.0973. The minimum atomic E-state index is -3.52. The van der Waals surface area contributed by atoms with Crippen LogP contribution in [-0.2, 0) is 14.8 Å². The number of hydrogen-bond donors (Lipinski definition) is 0. The zero-order valence-electron chi connectivity index (χ0n) is 17.8. The van der Waals surface area contributed by atoms with Crippen LogP contribution in [0.15, 0.2) is 53.4 Å². The molecule has 1 amide bonds. The Morgan fingerprint density at radius 2 is 1.63 bits per heavy atom. The quantitative estimate of drug-likeness (QED) is 0.741. The highest BCUT2D eigenvalue weighted by Crippen LogP contribution is 2.35. The summed E-state index contributed by atoms with van der Waals surface area (Å²) >= 11 is 0. The van der Waals surface area contributed by atoms with Gasteiger partial charge in [-0.15, -0.1) is 0 Å². The molecule has 2 aliphatic heterocycles. The third kappa shape index (κ3) is 4.03. The number of sulfonamides is 1. The molecule has 0 radical (unpaired) electrons. The SMILES string of the molecule is Cc1ccc(S(=O)(=O)N2CCC(C(=O)N3CCC[C@@H]3c3ccccc3)CC2)c(C)c1. The number of carbonyl (C=O) groups is 1. The van der Waals surface area contributed by atoms with Crippen LogP contribution in [0.3, 0.4) is 0 Å². The van der Waals surface area contributed by atoms with Crippen LogP contribution in [-0.4, -0.2) is 43.2 Å². The van der Waals surface area contributed by atoms with Crippen molar-refractivity contribution in [3.05, 3.63) is 65.2 Å². The van der Waals surface area contributed by atoms with Crippen LogP contribution in [0.1, 0.15) is 48.4 Å². The van der Waals surface area contributed by atoms with Gasteiger partial charge in [0.2, 0.25) is 15.9 Å². The van der Waals surface area contributed by atoms with E-state index < -0.39 is 10.0 Å². The Kier molecular flexibility index (Phi) is 5.98. The standard InChI is InChI=1S/C24H30N2O3S/c1-18-10-11-23(19(2)17-18)30(28,29)25-15-12-21(13-16-25)24(27)26-14-6-9-22(26)20-7-4-3-5-8-20/h3-5,7-8,10-11,17,21-22H,6,9,12-16H2,1-2H3/t22-/m1/s1. The first-order valence-electron chi connectivity index (χ1n) is 10.8. The number of aryl methyl sites for hydroxylation is 2. The molecule has 2 aromatic carbocycles. The summed E-state index contributed by atoms with van der Waals surface area (Å²) < 4.78 is 27.8. The second-order valence-corrected chi connectivity index (χ2v) is 10.5. The van der Waals surface area contributed by atoms with E-state index in [4.69, 9.17) is 0 Å². The number of hydrogen-bond acceptors (Lipinski definition) is 3. The summed E-state index contributed by atoms with van der Waals surface area (Å²) in [6.07, 6.45) is 3.18. The summed E-state index contributed by atoms with van der Waals surface area (Å²) in [5, 5.41) is 0. The van der Waals surface area contributed by atoms with Crippen molar-refractivity contribution in [2.75, 3.05) is 19.6 Å². The molecule has 2 fully saturated rings. The van der Waals surface area contributed by atoms with Crippen LogP contribution in [0.2, 0.25) is 0 Å². The Hall–Kier alpha value is -2.18. The number of likely N-dealkylation sites (tertiary alicyclic amines) is 1. The van der Waals surface area contributed by atoms with E-state index in [0.29, 0.717) is 30.8 Å². The Morgan fingerprint density at radius 1 is 0.933 bits per heavy atom. The van der Waals surface area contributed by atoms with E-state index in [0.717, 1.165) is 30.5 Å². The average molecular weight is 427 g/mol. The molecule has 0 aromatic heterocycles. The number of carbonyl (C=O) groups excluding carboxylic acids is 1. The normalized spacial score (nSPS) is 21.1. The molecular weight excluding hydrogens is 396 g/mol. The van der Waals surface area contributed by atoms with Crippen molar-refractivity contribution >= 4 is 15.9 Å². The molecule has 1 atom stereocenters. The predicted molar refractivity (Wildman–Crippen MR) is 118 cm³/mol. The van der Waals surface area contributed by atoms with Crippen LogP contribution in [0.5, 0.6) is 0 Å². The second kappa shape index (κ2) is 8.52. The lowest BCUT2D eigenvalue weighted by Gasteiger charge is -2.34. The monoisotopic (exact) mass is 426 g/mol. The van der Waals surface area contributed by atoms with Crippen molar-refractivity contribution in [2.24, 2.45) is 5.92 Å². The third-order valence-electron chi connectivity index (χ3n) is 6.47. The van der Waals surface area contributed by atoms with Crippen molar-refractivity contribution in [3.63, 3.8) is 0 Å². The van der Waals surface area contributed by atoms with Crippen LogP contribution >= 0.6 is 0 Å². The molecule has 30 heavy (non-hydrogen) atoms. The molecule has 6 heteroatoms. The summed E-state index contributed by atoms with van der Waals surface area (Å²) in [6, 6.07) is 15.8. The smallest absolute Gasteiger partial charge is 0.243 e. The van der Waals surface area contributed by atoms with Gasteiger partial charge >= 0.3 is 0 Å². The maximum atomic E-state index is 13.3. The van der Waals surface area contributed by atoms with E-state index in [-0.39, 0.29) is 17.9 Å². The van der Waals surface area contributed by atoms with Crippen LogP contribution in [0.4, 0.5) is 0 Å². The zero-order chi connectivity index (χ0) is 21.3. The molecule has 4 rings (SSSR count). The van der Waals surface area contributed by atoms with Gasteiger partial charge in [0.15, 0.2) is 0 Å². The molecule has 2 heterocycles. The predicted octanol–water partition coefficient (Wildman–Crippen LogP) is 4.07. The number of piperidine rings is 1. The maximum absolute atomic E-state index is 13.3. The minimum Gasteiger partial charge on any atom is -0.335 e. The summed E-state index contributed by atoms with van der Waals surface area (Å²) in [6.45, 7) is 5.39. The Balaban J connectivity index is 1.43. The van der Waals surface area contributed by atoms with E-state index in [9.17, 15) is 13.2 Å². The maximum Gasteiger partial charge on any atom is 0.243 e. The number of benzene rings is 2. The fraction of sp³-hybridized carbons (Fsp3) is 0.458. The van der Waals surface area contributed by atoms with Crippen molar-refractivity contribution in [1.29, 1.82) is 0 Å². The van der Waals surface area contributed by atoms with Gasteiger partial charge in [0, 0.05) is 25.6 Å².